The molecule has 0 fully saturated rings. The average molecular weight is 296 g/mol. The second-order valence-corrected chi connectivity index (χ2v) is 5.51. The van der Waals surface area contributed by atoms with E-state index in [9.17, 15) is 4.79 Å². The molecule has 0 bridgehead atoms. The number of amides is 1. The number of hydrogen-bond acceptors (Lipinski definition) is 3. The Bertz CT molecular complexity index is 670. The van der Waals surface area contributed by atoms with Crippen LogP contribution in [0, 0.1) is 6.92 Å². The molecule has 2 N–H and O–H groups in total. The van der Waals surface area contributed by atoms with E-state index in [4.69, 9.17) is 10.5 Å². The summed E-state index contributed by atoms with van der Waals surface area (Å²) < 4.78 is 6.00. The molecule has 2 aromatic carbocycles. The molecule has 1 atom stereocenters. The van der Waals surface area contributed by atoms with Crippen molar-refractivity contribution in [2.75, 3.05) is 18.0 Å². The van der Waals surface area contributed by atoms with Crippen LogP contribution in [-0.4, -0.2) is 19.0 Å². The molecular weight excluding hydrogens is 276 g/mol. The van der Waals surface area contributed by atoms with Crippen LogP contribution in [0.2, 0.25) is 0 Å². The Morgan fingerprint density at radius 3 is 2.68 bits per heavy atom. The average Bonchev–Trinajstić information content (AvgIpc) is 2.54. The minimum Gasteiger partial charge on any atom is -0.474 e. The quantitative estimate of drug-likeness (QED) is 0.944. The summed E-state index contributed by atoms with van der Waals surface area (Å²) in [6.07, 6.45) is 0.175. The fraction of sp³-hybridized carbons (Fsp3) is 0.278. The van der Waals surface area contributed by atoms with Crippen molar-refractivity contribution < 1.29 is 9.53 Å². The normalized spacial score (nSPS) is 17.1. The van der Waals surface area contributed by atoms with Crippen molar-refractivity contribution in [3.05, 3.63) is 59.7 Å². The maximum absolute atomic E-state index is 12.8. The Hall–Kier alpha value is -2.33. The number of ether oxygens (including phenoxy) is 1. The molecule has 4 heteroatoms. The molecule has 0 radical (unpaired) electrons. The lowest BCUT2D eigenvalue weighted by molar-refractivity contribution is -0.126. The lowest BCUT2D eigenvalue weighted by Gasteiger charge is -2.34. The van der Waals surface area contributed by atoms with E-state index < -0.39 is 6.10 Å². The molecule has 1 amide bonds. The van der Waals surface area contributed by atoms with Gasteiger partial charge in [0.05, 0.1) is 5.69 Å². The van der Waals surface area contributed by atoms with E-state index >= 15 is 0 Å². The fourth-order valence-corrected chi connectivity index (χ4v) is 2.69. The largest absolute Gasteiger partial charge is 0.474 e. The highest BCUT2D eigenvalue weighted by atomic mass is 16.5. The Morgan fingerprint density at radius 2 is 1.95 bits per heavy atom. The second-order valence-electron chi connectivity index (χ2n) is 5.51. The Morgan fingerprint density at radius 1 is 1.18 bits per heavy atom. The molecule has 1 heterocycles. The molecule has 114 valence electrons. The number of hydrogen-bond donors (Lipinski definition) is 1. The molecular formula is C18H20N2O2. The highest BCUT2D eigenvalue weighted by Gasteiger charge is 2.35. The van der Waals surface area contributed by atoms with Crippen molar-refractivity contribution in [1.29, 1.82) is 0 Å². The summed E-state index contributed by atoms with van der Waals surface area (Å²) in [4.78, 5) is 14.6. The van der Waals surface area contributed by atoms with Crippen LogP contribution in [-0.2, 0) is 4.79 Å². The SMILES string of the molecule is Cc1ccc2c(c1)OC(c1ccccc1)C(=O)N2CCCN. The number of rotatable bonds is 4. The molecule has 1 unspecified atom stereocenters. The van der Waals surface area contributed by atoms with Crippen molar-refractivity contribution in [2.24, 2.45) is 5.73 Å². The molecule has 0 spiro atoms. The van der Waals surface area contributed by atoms with E-state index in [1.54, 1.807) is 4.90 Å². The van der Waals surface area contributed by atoms with Gasteiger partial charge in [0, 0.05) is 12.1 Å². The summed E-state index contributed by atoms with van der Waals surface area (Å²) in [6, 6.07) is 15.5. The van der Waals surface area contributed by atoms with Gasteiger partial charge >= 0.3 is 0 Å². The number of anilines is 1. The zero-order valence-electron chi connectivity index (χ0n) is 12.7. The number of nitrogens with zero attached hydrogens (tertiary/aromatic N) is 1. The van der Waals surface area contributed by atoms with E-state index in [1.165, 1.54) is 0 Å². The van der Waals surface area contributed by atoms with Crippen LogP contribution in [0.5, 0.6) is 5.75 Å². The van der Waals surface area contributed by atoms with Gasteiger partial charge in [-0.25, -0.2) is 0 Å². The van der Waals surface area contributed by atoms with Crippen LogP contribution in [0.25, 0.3) is 0 Å². The molecule has 2 aromatic rings. The summed E-state index contributed by atoms with van der Waals surface area (Å²) in [5.74, 6) is 0.724. The van der Waals surface area contributed by atoms with Crippen LogP contribution in [0.3, 0.4) is 0 Å². The number of fused-ring (bicyclic) bond motifs is 1. The molecule has 1 aliphatic heterocycles. The minimum atomic E-state index is -0.590. The summed E-state index contributed by atoms with van der Waals surface area (Å²) in [7, 11) is 0. The van der Waals surface area contributed by atoms with E-state index in [2.05, 4.69) is 0 Å². The lowest BCUT2D eigenvalue weighted by atomic mass is 10.0. The predicted molar refractivity (Wildman–Crippen MR) is 87.0 cm³/mol. The van der Waals surface area contributed by atoms with Crippen LogP contribution in [0.15, 0.2) is 48.5 Å². The summed E-state index contributed by atoms with van der Waals surface area (Å²) in [5.41, 5.74) is 8.42. The summed E-state index contributed by atoms with van der Waals surface area (Å²) in [6.45, 7) is 3.18. The van der Waals surface area contributed by atoms with Gasteiger partial charge in [-0.05, 0) is 37.6 Å². The third-order valence-electron chi connectivity index (χ3n) is 3.83. The minimum absolute atomic E-state index is 0.0315. The van der Waals surface area contributed by atoms with Gasteiger partial charge in [0.15, 0.2) is 0 Å². The van der Waals surface area contributed by atoms with Gasteiger partial charge in [-0.1, -0.05) is 36.4 Å². The number of benzene rings is 2. The first-order valence-electron chi connectivity index (χ1n) is 7.54. The van der Waals surface area contributed by atoms with Crippen molar-refractivity contribution >= 4 is 11.6 Å². The third kappa shape index (κ3) is 2.70. The van der Waals surface area contributed by atoms with Crippen molar-refractivity contribution in [1.82, 2.24) is 0 Å². The molecule has 0 saturated heterocycles. The van der Waals surface area contributed by atoms with Gasteiger partial charge in [0.25, 0.3) is 5.91 Å². The molecule has 0 saturated carbocycles. The summed E-state index contributed by atoms with van der Waals surface area (Å²) in [5, 5.41) is 0. The maximum Gasteiger partial charge on any atom is 0.272 e. The predicted octanol–water partition coefficient (Wildman–Crippen LogP) is 2.81. The molecule has 0 aromatic heterocycles. The van der Waals surface area contributed by atoms with E-state index in [1.807, 2.05) is 55.5 Å². The number of carbonyl (C=O) groups is 1. The van der Waals surface area contributed by atoms with E-state index in [0.717, 1.165) is 29.0 Å². The molecule has 0 aliphatic carbocycles. The van der Waals surface area contributed by atoms with Crippen molar-refractivity contribution in [3.8, 4) is 5.75 Å². The van der Waals surface area contributed by atoms with Crippen LogP contribution in [0.1, 0.15) is 23.7 Å². The van der Waals surface area contributed by atoms with E-state index in [0.29, 0.717) is 13.1 Å². The van der Waals surface area contributed by atoms with Crippen molar-refractivity contribution in [3.63, 3.8) is 0 Å². The fourth-order valence-electron chi connectivity index (χ4n) is 2.69. The van der Waals surface area contributed by atoms with Gasteiger partial charge in [-0.2, -0.15) is 0 Å². The highest BCUT2D eigenvalue weighted by Crippen LogP contribution is 2.39. The first-order chi connectivity index (χ1) is 10.7. The lowest BCUT2D eigenvalue weighted by Crippen LogP contribution is -2.42. The first kappa shape index (κ1) is 14.6. The maximum atomic E-state index is 12.8. The first-order valence-corrected chi connectivity index (χ1v) is 7.54. The monoisotopic (exact) mass is 296 g/mol. The van der Waals surface area contributed by atoms with Crippen LogP contribution >= 0.6 is 0 Å². The Balaban J connectivity index is 2.01. The zero-order chi connectivity index (χ0) is 15.5. The Kier molecular flexibility index (Phi) is 4.11. The number of nitrogens with two attached hydrogens (primary N) is 1. The van der Waals surface area contributed by atoms with Crippen LogP contribution < -0.4 is 15.4 Å². The highest BCUT2D eigenvalue weighted by molar-refractivity contribution is 6.00. The third-order valence-corrected chi connectivity index (χ3v) is 3.83. The Labute approximate surface area is 130 Å². The van der Waals surface area contributed by atoms with E-state index in [-0.39, 0.29) is 5.91 Å². The molecule has 4 nitrogen and oxygen atoms in total. The molecule has 3 rings (SSSR count). The summed E-state index contributed by atoms with van der Waals surface area (Å²) >= 11 is 0. The van der Waals surface area contributed by atoms with Gasteiger partial charge in [-0.3, -0.25) is 4.79 Å². The van der Waals surface area contributed by atoms with Gasteiger partial charge in [-0.15, -0.1) is 0 Å². The standard InChI is InChI=1S/C18H20N2O2/c1-13-8-9-15-16(12-13)22-17(14-6-3-2-4-7-14)18(21)20(15)11-5-10-19/h2-4,6-9,12,17H,5,10-11,19H2,1H3. The van der Waals surface area contributed by atoms with Crippen LogP contribution in [0.4, 0.5) is 5.69 Å². The van der Waals surface area contributed by atoms with Gasteiger partial charge < -0.3 is 15.4 Å². The van der Waals surface area contributed by atoms with Gasteiger partial charge in [0.1, 0.15) is 5.75 Å². The second kappa shape index (κ2) is 6.20. The molecule has 22 heavy (non-hydrogen) atoms. The number of carbonyl (C=O) groups excluding carboxylic acids is 1. The molecule has 1 aliphatic rings. The smallest absolute Gasteiger partial charge is 0.272 e. The zero-order valence-corrected chi connectivity index (χ0v) is 12.7. The topological polar surface area (TPSA) is 55.6 Å². The number of aryl methyl sites for hydroxylation is 1. The van der Waals surface area contributed by atoms with Crippen molar-refractivity contribution in [2.45, 2.75) is 19.4 Å². The van der Waals surface area contributed by atoms with Gasteiger partial charge in [0.2, 0.25) is 6.10 Å².